The highest BCUT2D eigenvalue weighted by molar-refractivity contribution is 7.16. The van der Waals surface area contributed by atoms with Crippen molar-refractivity contribution in [2.75, 3.05) is 5.32 Å². The fourth-order valence-electron chi connectivity index (χ4n) is 2.47. The monoisotopic (exact) mass is 337 g/mol. The minimum Gasteiger partial charge on any atom is -0.440 e. The number of anilines is 1. The first kappa shape index (κ1) is 14.8. The molecule has 0 saturated heterocycles. The second-order valence-corrected chi connectivity index (χ2v) is 6.76. The van der Waals surface area contributed by atoms with Gasteiger partial charge in [-0.05, 0) is 36.4 Å². The Kier molecular flexibility index (Phi) is 3.54. The summed E-state index contributed by atoms with van der Waals surface area (Å²) in [5.74, 6) is 0.767. The Morgan fingerprint density at radius 3 is 2.88 bits per heavy atom. The molecule has 1 N–H and O–H groups in total. The van der Waals surface area contributed by atoms with Crippen LogP contribution in [0.25, 0.3) is 21.3 Å². The molecular weight excluding hydrogens is 322 g/mol. The van der Waals surface area contributed by atoms with E-state index < -0.39 is 0 Å². The average molecular weight is 337 g/mol. The van der Waals surface area contributed by atoms with Crippen LogP contribution in [0.3, 0.4) is 0 Å². The van der Waals surface area contributed by atoms with Crippen LogP contribution in [0.15, 0.2) is 46.3 Å². The molecule has 0 unspecified atom stereocenters. The average Bonchev–Trinajstić information content (AvgIpc) is 3.20. The number of fused-ring (bicyclic) bond motifs is 2. The molecule has 2 heterocycles. The van der Waals surface area contributed by atoms with Crippen molar-refractivity contribution in [1.82, 2.24) is 9.97 Å². The summed E-state index contributed by atoms with van der Waals surface area (Å²) in [6.07, 6.45) is 0. The van der Waals surface area contributed by atoms with Crippen LogP contribution in [0.2, 0.25) is 0 Å². The van der Waals surface area contributed by atoms with Crippen molar-refractivity contribution in [3.63, 3.8) is 0 Å². The van der Waals surface area contributed by atoms with Crippen molar-refractivity contribution in [1.29, 1.82) is 0 Å². The van der Waals surface area contributed by atoms with Crippen LogP contribution in [0.1, 0.15) is 36.0 Å². The molecule has 0 spiro atoms. The molecule has 24 heavy (non-hydrogen) atoms. The lowest BCUT2D eigenvalue weighted by Crippen LogP contribution is -2.11. The number of nitrogens with one attached hydrogen (secondary N) is 1. The summed E-state index contributed by atoms with van der Waals surface area (Å²) in [4.78, 5) is 21.1. The van der Waals surface area contributed by atoms with Crippen molar-refractivity contribution in [2.24, 2.45) is 0 Å². The van der Waals surface area contributed by atoms with Crippen LogP contribution in [-0.2, 0) is 0 Å². The number of hydrogen-bond donors (Lipinski definition) is 1. The molecule has 0 saturated carbocycles. The Morgan fingerprint density at radius 2 is 2.04 bits per heavy atom. The number of carbonyl (C=O) groups excluding carboxylic acids is 1. The lowest BCUT2D eigenvalue weighted by Gasteiger charge is -2.05. The first-order chi connectivity index (χ1) is 11.6. The number of nitrogens with zero attached hydrogens (tertiary/aromatic N) is 2. The molecule has 0 radical (unpaired) electrons. The molecule has 0 bridgehead atoms. The van der Waals surface area contributed by atoms with E-state index in [1.165, 1.54) is 11.3 Å². The molecule has 4 rings (SSSR count). The van der Waals surface area contributed by atoms with E-state index in [4.69, 9.17) is 4.42 Å². The van der Waals surface area contributed by atoms with E-state index in [-0.39, 0.29) is 11.8 Å². The fourth-order valence-corrected chi connectivity index (χ4v) is 3.19. The van der Waals surface area contributed by atoms with E-state index in [0.717, 1.165) is 21.3 Å². The van der Waals surface area contributed by atoms with Gasteiger partial charge in [-0.3, -0.25) is 4.79 Å². The molecule has 5 nitrogen and oxygen atoms in total. The number of thiazole rings is 1. The highest BCUT2D eigenvalue weighted by Crippen LogP contribution is 2.24. The molecule has 0 atom stereocenters. The molecule has 2 aromatic carbocycles. The maximum absolute atomic E-state index is 12.5. The van der Waals surface area contributed by atoms with E-state index in [1.54, 1.807) is 11.6 Å². The molecule has 2 aromatic heterocycles. The summed E-state index contributed by atoms with van der Waals surface area (Å²) in [5, 5.41) is 2.91. The first-order valence-corrected chi connectivity index (χ1v) is 8.53. The van der Waals surface area contributed by atoms with Gasteiger partial charge in [0.25, 0.3) is 5.91 Å². The van der Waals surface area contributed by atoms with Gasteiger partial charge in [-0.2, -0.15) is 0 Å². The molecule has 0 fully saturated rings. The predicted octanol–water partition coefficient (Wildman–Crippen LogP) is 4.81. The van der Waals surface area contributed by atoms with Crippen molar-refractivity contribution in [3.05, 3.63) is 53.4 Å². The number of amides is 1. The summed E-state index contributed by atoms with van der Waals surface area (Å²) >= 11 is 1.52. The summed E-state index contributed by atoms with van der Waals surface area (Å²) in [7, 11) is 0. The fraction of sp³-hybridized carbons (Fsp3) is 0.167. The van der Waals surface area contributed by atoms with Gasteiger partial charge in [-0.15, -0.1) is 11.3 Å². The van der Waals surface area contributed by atoms with Gasteiger partial charge in [-0.1, -0.05) is 13.8 Å². The number of hydrogen-bond acceptors (Lipinski definition) is 5. The molecule has 0 aliphatic carbocycles. The van der Waals surface area contributed by atoms with Gasteiger partial charge >= 0.3 is 0 Å². The summed E-state index contributed by atoms with van der Waals surface area (Å²) in [5.41, 5.74) is 5.45. The Bertz CT molecular complexity index is 1050. The SMILES string of the molecule is CC(C)c1nc2cc(NC(=O)c3ccc4ncsc4c3)ccc2o1. The van der Waals surface area contributed by atoms with Crippen LogP contribution in [0, 0.1) is 0 Å². The van der Waals surface area contributed by atoms with E-state index in [2.05, 4.69) is 15.3 Å². The largest absolute Gasteiger partial charge is 0.440 e. The van der Waals surface area contributed by atoms with E-state index in [9.17, 15) is 4.79 Å². The second kappa shape index (κ2) is 5.72. The maximum Gasteiger partial charge on any atom is 0.255 e. The van der Waals surface area contributed by atoms with Gasteiger partial charge in [-0.25, -0.2) is 9.97 Å². The van der Waals surface area contributed by atoms with Crippen LogP contribution in [-0.4, -0.2) is 15.9 Å². The normalized spacial score (nSPS) is 11.5. The number of oxazole rings is 1. The Hall–Kier alpha value is -2.73. The highest BCUT2D eigenvalue weighted by atomic mass is 32.1. The zero-order valence-corrected chi connectivity index (χ0v) is 14.1. The van der Waals surface area contributed by atoms with E-state index in [0.29, 0.717) is 17.1 Å². The number of rotatable bonds is 3. The molecule has 1 amide bonds. The first-order valence-electron chi connectivity index (χ1n) is 7.65. The predicted molar refractivity (Wildman–Crippen MR) is 95.7 cm³/mol. The maximum atomic E-state index is 12.5. The van der Waals surface area contributed by atoms with Gasteiger partial charge < -0.3 is 9.73 Å². The smallest absolute Gasteiger partial charge is 0.255 e. The third-order valence-corrected chi connectivity index (χ3v) is 4.54. The number of benzene rings is 2. The molecular formula is C18H15N3O2S. The highest BCUT2D eigenvalue weighted by Gasteiger charge is 2.12. The van der Waals surface area contributed by atoms with Crippen LogP contribution < -0.4 is 5.32 Å². The molecule has 0 aliphatic heterocycles. The van der Waals surface area contributed by atoms with Crippen molar-refractivity contribution in [2.45, 2.75) is 19.8 Å². The van der Waals surface area contributed by atoms with E-state index in [1.807, 2.05) is 44.2 Å². The van der Waals surface area contributed by atoms with Crippen LogP contribution in [0.5, 0.6) is 0 Å². The Morgan fingerprint density at radius 1 is 1.17 bits per heavy atom. The zero-order valence-electron chi connectivity index (χ0n) is 13.2. The number of aromatic nitrogens is 2. The summed E-state index contributed by atoms with van der Waals surface area (Å²) in [6.45, 7) is 4.06. The van der Waals surface area contributed by atoms with Gasteiger partial charge in [0.2, 0.25) is 0 Å². The lowest BCUT2D eigenvalue weighted by atomic mass is 10.2. The molecule has 0 aliphatic rings. The van der Waals surface area contributed by atoms with Crippen LogP contribution in [0.4, 0.5) is 5.69 Å². The Balaban J connectivity index is 1.61. The lowest BCUT2D eigenvalue weighted by molar-refractivity contribution is 0.102. The molecule has 120 valence electrons. The van der Waals surface area contributed by atoms with Gasteiger partial charge in [0, 0.05) is 17.2 Å². The topological polar surface area (TPSA) is 68.0 Å². The van der Waals surface area contributed by atoms with Gasteiger partial charge in [0.1, 0.15) is 5.52 Å². The van der Waals surface area contributed by atoms with Crippen molar-refractivity contribution >= 4 is 44.2 Å². The minimum absolute atomic E-state index is 0.155. The summed E-state index contributed by atoms with van der Waals surface area (Å²) in [6, 6.07) is 11.0. The van der Waals surface area contributed by atoms with Gasteiger partial charge in [0.15, 0.2) is 11.5 Å². The molecule has 4 aromatic rings. The van der Waals surface area contributed by atoms with Crippen molar-refractivity contribution < 1.29 is 9.21 Å². The number of carbonyl (C=O) groups is 1. The van der Waals surface area contributed by atoms with Crippen molar-refractivity contribution in [3.8, 4) is 0 Å². The summed E-state index contributed by atoms with van der Waals surface area (Å²) < 4.78 is 6.68. The third-order valence-electron chi connectivity index (χ3n) is 3.75. The van der Waals surface area contributed by atoms with Crippen LogP contribution >= 0.6 is 11.3 Å². The quantitative estimate of drug-likeness (QED) is 0.582. The van der Waals surface area contributed by atoms with Gasteiger partial charge in [0.05, 0.1) is 15.7 Å². The third kappa shape index (κ3) is 2.65. The Labute approximate surface area is 142 Å². The minimum atomic E-state index is -0.155. The van der Waals surface area contributed by atoms with E-state index >= 15 is 0 Å². The second-order valence-electron chi connectivity index (χ2n) is 5.88. The standard InChI is InChI=1S/C18H15N3O2S/c1-10(2)18-21-14-8-12(4-6-15(14)23-18)20-17(22)11-3-5-13-16(7-11)24-9-19-13/h3-10H,1-2H3,(H,20,22). The molecule has 6 heteroatoms. The zero-order chi connectivity index (χ0) is 16.7.